The molecule has 6 heteroatoms. The minimum absolute atomic E-state index is 0.0805. The zero-order valence-electron chi connectivity index (χ0n) is 12.2. The number of amides is 1. The first-order valence-corrected chi connectivity index (χ1v) is 7.39. The molecule has 0 spiro atoms. The Morgan fingerprint density at radius 1 is 1.48 bits per heavy atom. The van der Waals surface area contributed by atoms with Crippen LogP contribution in [0, 0.1) is 0 Å². The zero-order chi connectivity index (χ0) is 15.2. The lowest BCUT2D eigenvalue weighted by molar-refractivity contribution is -0.126. The topological polar surface area (TPSA) is 48.0 Å². The average molecular weight is 314 g/mol. The molecule has 2 rings (SSSR count). The molecule has 5 nitrogen and oxygen atoms in total. The number of para-hydroxylation sites is 1. The van der Waals surface area contributed by atoms with Gasteiger partial charge in [0.25, 0.3) is 5.91 Å². The van der Waals surface area contributed by atoms with Crippen molar-refractivity contribution >= 4 is 23.2 Å². The lowest BCUT2D eigenvalue weighted by Crippen LogP contribution is -2.42. The molecule has 1 heterocycles. The summed E-state index contributed by atoms with van der Waals surface area (Å²) in [4.78, 5) is 13.9. The molecule has 1 aliphatic heterocycles. The van der Waals surface area contributed by atoms with Crippen LogP contribution in [0.1, 0.15) is 13.3 Å². The fraction of sp³-hybridized carbons (Fsp3) is 0.533. The Balaban J connectivity index is 2.11. The van der Waals surface area contributed by atoms with Gasteiger partial charge in [-0.25, -0.2) is 0 Å². The number of hydrogen-bond acceptors (Lipinski definition) is 4. The molecule has 1 aromatic rings. The number of ether oxygens (including phenoxy) is 3. The van der Waals surface area contributed by atoms with Crippen molar-refractivity contribution in [2.45, 2.75) is 31.3 Å². The minimum Gasteiger partial charge on any atom is -0.357 e. The van der Waals surface area contributed by atoms with Crippen molar-refractivity contribution in [2.24, 2.45) is 0 Å². The average Bonchev–Trinajstić information content (AvgIpc) is 2.99. The highest BCUT2D eigenvalue weighted by Gasteiger charge is 2.31. The lowest BCUT2D eigenvalue weighted by Gasteiger charge is -2.26. The quantitative estimate of drug-likeness (QED) is 0.757. The molecule has 3 atom stereocenters. The van der Waals surface area contributed by atoms with E-state index in [4.69, 9.17) is 25.8 Å². The smallest absolute Gasteiger partial charge is 0.271 e. The maximum atomic E-state index is 12.4. The number of halogens is 1. The van der Waals surface area contributed by atoms with Crippen molar-refractivity contribution in [1.82, 2.24) is 0 Å². The van der Waals surface area contributed by atoms with Crippen molar-refractivity contribution in [2.75, 3.05) is 25.2 Å². The highest BCUT2D eigenvalue weighted by Crippen LogP contribution is 2.21. The second kappa shape index (κ2) is 7.75. The van der Waals surface area contributed by atoms with Crippen molar-refractivity contribution in [3.05, 3.63) is 30.3 Å². The Kier molecular flexibility index (Phi) is 5.99. The van der Waals surface area contributed by atoms with Crippen LogP contribution in [0.25, 0.3) is 0 Å². The number of benzene rings is 1. The molecule has 1 aromatic carbocycles. The third-order valence-corrected chi connectivity index (χ3v) is 3.70. The van der Waals surface area contributed by atoms with Gasteiger partial charge in [-0.05, 0) is 18.6 Å². The van der Waals surface area contributed by atoms with E-state index in [0.29, 0.717) is 6.61 Å². The molecule has 1 aliphatic rings. The molecule has 21 heavy (non-hydrogen) atoms. The van der Waals surface area contributed by atoms with E-state index in [2.05, 4.69) is 0 Å². The number of rotatable bonds is 6. The Bertz CT molecular complexity index is 456. The molecular weight excluding hydrogens is 294 g/mol. The van der Waals surface area contributed by atoms with Crippen LogP contribution < -0.4 is 4.90 Å². The highest BCUT2D eigenvalue weighted by molar-refractivity contribution is 6.31. The lowest BCUT2D eigenvalue weighted by atomic mass is 10.2. The number of nitrogens with zero attached hydrogens (tertiary/aromatic N) is 1. The van der Waals surface area contributed by atoms with Crippen LogP contribution in [0.5, 0.6) is 0 Å². The van der Waals surface area contributed by atoms with Gasteiger partial charge in [0.05, 0.1) is 19.3 Å². The third kappa shape index (κ3) is 4.17. The summed E-state index contributed by atoms with van der Waals surface area (Å²) in [5.41, 5.74) is -0.300. The van der Waals surface area contributed by atoms with E-state index in [9.17, 15) is 4.79 Å². The monoisotopic (exact) mass is 313 g/mol. The first-order chi connectivity index (χ1) is 10.2. The summed E-state index contributed by atoms with van der Waals surface area (Å²) >= 11 is 5.91. The summed E-state index contributed by atoms with van der Waals surface area (Å²) in [6.07, 6.45) is 0.517. The summed E-state index contributed by atoms with van der Waals surface area (Å²) in [5, 5.41) is 0. The second-order valence-corrected chi connectivity index (χ2v) is 5.16. The second-order valence-electron chi connectivity index (χ2n) is 4.77. The normalized spacial score (nSPS) is 23.0. The summed E-state index contributed by atoms with van der Waals surface area (Å²) in [6.45, 7) is 2.87. The number of methoxy groups -OCH3 is 1. The van der Waals surface area contributed by atoms with Gasteiger partial charge in [-0.3, -0.25) is 4.79 Å². The number of hydrogen-bond donors (Lipinski definition) is 0. The van der Waals surface area contributed by atoms with Crippen LogP contribution in [0.4, 0.5) is 5.69 Å². The fourth-order valence-electron chi connectivity index (χ4n) is 2.12. The van der Waals surface area contributed by atoms with E-state index < -0.39 is 11.9 Å². The fourth-order valence-corrected chi connectivity index (χ4v) is 2.24. The van der Waals surface area contributed by atoms with E-state index in [1.807, 2.05) is 37.3 Å². The Morgan fingerprint density at radius 2 is 2.19 bits per heavy atom. The van der Waals surface area contributed by atoms with Crippen LogP contribution in [0.15, 0.2) is 30.3 Å². The van der Waals surface area contributed by atoms with Crippen LogP contribution in [-0.2, 0) is 19.0 Å². The van der Waals surface area contributed by atoms with Gasteiger partial charge < -0.3 is 19.1 Å². The molecule has 0 saturated carbocycles. The van der Waals surface area contributed by atoms with Crippen LogP contribution in [-0.4, -0.2) is 44.1 Å². The van der Waals surface area contributed by atoms with Gasteiger partial charge in [0.15, 0.2) is 6.29 Å². The maximum Gasteiger partial charge on any atom is 0.271 e. The molecular formula is C15H20ClNO4. The predicted octanol–water partition coefficient (Wildman–Crippen LogP) is 2.38. The van der Waals surface area contributed by atoms with Crippen LogP contribution >= 0.6 is 11.6 Å². The highest BCUT2D eigenvalue weighted by atomic mass is 35.5. The van der Waals surface area contributed by atoms with E-state index in [1.54, 1.807) is 0 Å². The zero-order valence-corrected chi connectivity index (χ0v) is 13.0. The number of alkyl halides is 1. The number of carbonyl (C=O) groups excluding carboxylic acids is 1. The molecule has 0 aliphatic carbocycles. The van der Waals surface area contributed by atoms with Crippen molar-refractivity contribution < 1.29 is 19.0 Å². The van der Waals surface area contributed by atoms with Gasteiger partial charge in [0.2, 0.25) is 5.56 Å². The van der Waals surface area contributed by atoms with E-state index >= 15 is 0 Å². The molecule has 0 radical (unpaired) electrons. The SMILES string of the molecule is CCC1COC(CN(C(=O)C(Cl)OC)c2ccccc2)O1. The van der Waals surface area contributed by atoms with Gasteiger partial charge in [-0.1, -0.05) is 36.7 Å². The van der Waals surface area contributed by atoms with Crippen LogP contribution in [0.3, 0.4) is 0 Å². The molecule has 0 bridgehead atoms. The minimum atomic E-state index is -1.03. The number of carbonyl (C=O) groups is 1. The molecule has 1 fully saturated rings. The Labute approximate surface area is 129 Å². The first-order valence-electron chi connectivity index (χ1n) is 6.96. The summed E-state index contributed by atoms with van der Waals surface area (Å²) in [5.74, 6) is -0.336. The van der Waals surface area contributed by atoms with Gasteiger partial charge in [0.1, 0.15) is 0 Å². The molecule has 116 valence electrons. The summed E-state index contributed by atoms with van der Waals surface area (Å²) < 4.78 is 16.2. The standard InChI is InChI=1S/C15H20ClNO4/c1-3-12-10-20-13(21-12)9-17(15(18)14(16)19-2)11-7-5-4-6-8-11/h4-8,12-14H,3,9-10H2,1-2H3. The summed E-state index contributed by atoms with van der Waals surface area (Å²) in [6, 6.07) is 9.27. The molecule has 0 aromatic heterocycles. The van der Waals surface area contributed by atoms with Crippen LogP contribution in [0.2, 0.25) is 0 Å². The summed E-state index contributed by atoms with van der Waals surface area (Å²) in [7, 11) is 1.40. The Hall–Kier alpha value is -1.14. The molecule has 1 amide bonds. The third-order valence-electron chi connectivity index (χ3n) is 3.33. The van der Waals surface area contributed by atoms with Crippen molar-refractivity contribution in [1.29, 1.82) is 0 Å². The maximum absolute atomic E-state index is 12.4. The number of anilines is 1. The van der Waals surface area contributed by atoms with Gasteiger partial charge >= 0.3 is 0 Å². The van der Waals surface area contributed by atoms with Crippen molar-refractivity contribution in [3.8, 4) is 0 Å². The Morgan fingerprint density at radius 3 is 2.76 bits per heavy atom. The van der Waals surface area contributed by atoms with Gasteiger partial charge in [-0.15, -0.1) is 0 Å². The molecule has 3 unspecified atom stereocenters. The molecule has 0 N–H and O–H groups in total. The predicted molar refractivity (Wildman–Crippen MR) is 80.3 cm³/mol. The van der Waals surface area contributed by atoms with E-state index in [-0.39, 0.29) is 18.6 Å². The van der Waals surface area contributed by atoms with Gasteiger partial charge in [-0.2, -0.15) is 0 Å². The van der Waals surface area contributed by atoms with Crippen molar-refractivity contribution in [3.63, 3.8) is 0 Å². The largest absolute Gasteiger partial charge is 0.357 e. The van der Waals surface area contributed by atoms with E-state index in [0.717, 1.165) is 12.1 Å². The van der Waals surface area contributed by atoms with Gasteiger partial charge in [0, 0.05) is 12.8 Å². The first kappa shape index (κ1) is 16.2. The van der Waals surface area contributed by atoms with E-state index in [1.165, 1.54) is 12.0 Å². The molecule has 1 saturated heterocycles.